The smallest absolute Gasteiger partial charge is 0.135 e. The number of aryl methyl sites for hydroxylation is 1. The Bertz CT molecular complexity index is 479. The Morgan fingerprint density at radius 2 is 1.00 bits per heavy atom. The van der Waals surface area contributed by atoms with Gasteiger partial charge in [0.05, 0.1) is 19.6 Å². The molecule has 0 aliphatic rings. The summed E-state index contributed by atoms with van der Waals surface area (Å²) in [7, 11) is 0. The predicted octanol–water partition coefficient (Wildman–Crippen LogP) is 5.83. The summed E-state index contributed by atoms with van der Waals surface area (Å²) in [5.41, 5.74) is 3.05. The Morgan fingerprint density at radius 3 is 1.45 bits per heavy atom. The monoisotopic (exact) mass is 423 g/mol. The summed E-state index contributed by atoms with van der Waals surface area (Å²) in [6.45, 7) is 13.2. The molecule has 0 aromatic heterocycles. The molecule has 29 heavy (non-hydrogen) atoms. The summed E-state index contributed by atoms with van der Waals surface area (Å²) in [6, 6.07) is 9.12. The van der Waals surface area contributed by atoms with Crippen LogP contribution in [-0.4, -0.2) is 19.6 Å². The average molecular weight is 424 g/mol. The quantitative estimate of drug-likeness (QED) is 0.206. The van der Waals surface area contributed by atoms with Crippen LogP contribution in [0.15, 0.2) is 24.3 Å². The van der Waals surface area contributed by atoms with Gasteiger partial charge in [0, 0.05) is 5.56 Å². The Kier molecular flexibility index (Phi) is 17.9. The van der Waals surface area contributed by atoms with E-state index in [0.29, 0.717) is 0 Å². The van der Waals surface area contributed by atoms with Gasteiger partial charge in [-0.2, -0.15) is 0 Å². The largest absolute Gasteiger partial charge is 1.00 e. The summed E-state index contributed by atoms with van der Waals surface area (Å²) in [6.07, 6.45) is 19.8. The van der Waals surface area contributed by atoms with Gasteiger partial charge in [-0.25, -0.2) is 0 Å². The number of hydrogen-bond donors (Lipinski definition) is 0. The lowest BCUT2D eigenvalue weighted by Crippen LogP contribution is -3.00. The molecular weight excluding hydrogens is 374 g/mol. The van der Waals surface area contributed by atoms with E-state index in [2.05, 4.69) is 52.0 Å². The summed E-state index contributed by atoms with van der Waals surface area (Å²) in [5.74, 6) is 0. The van der Waals surface area contributed by atoms with Crippen LogP contribution in [0.2, 0.25) is 0 Å². The Balaban J connectivity index is 0.00000784. The summed E-state index contributed by atoms with van der Waals surface area (Å²) >= 11 is 0. The molecule has 0 saturated carbocycles. The van der Waals surface area contributed by atoms with Gasteiger partial charge in [0.1, 0.15) is 5.69 Å². The van der Waals surface area contributed by atoms with Gasteiger partial charge in [-0.15, -0.1) is 0 Å². The molecule has 1 nitrogen and oxygen atoms in total. The highest BCUT2D eigenvalue weighted by Crippen LogP contribution is 2.29. The maximum atomic E-state index is 2.39. The van der Waals surface area contributed by atoms with Gasteiger partial charge >= 0.3 is 0 Å². The molecular formula is C27H50ClN. The lowest BCUT2D eigenvalue weighted by Gasteiger charge is -2.39. The molecule has 0 N–H and O–H groups in total. The summed E-state index contributed by atoms with van der Waals surface area (Å²) in [5, 5.41) is 0. The van der Waals surface area contributed by atoms with Gasteiger partial charge in [-0.05, 0) is 38.7 Å². The second-order valence-corrected chi connectivity index (χ2v) is 8.99. The lowest BCUT2D eigenvalue weighted by atomic mass is 10.0. The third-order valence-corrected chi connectivity index (χ3v) is 6.37. The van der Waals surface area contributed by atoms with E-state index in [1.807, 2.05) is 0 Å². The van der Waals surface area contributed by atoms with Crippen LogP contribution in [0.5, 0.6) is 0 Å². The topological polar surface area (TPSA) is 0 Å². The first kappa shape index (κ1) is 28.5. The normalized spacial score (nSPS) is 11.4. The predicted molar refractivity (Wildman–Crippen MR) is 129 cm³/mol. The van der Waals surface area contributed by atoms with Gasteiger partial charge in [0.25, 0.3) is 0 Å². The highest BCUT2D eigenvalue weighted by atomic mass is 35.5. The van der Waals surface area contributed by atoms with E-state index in [0.717, 1.165) is 0 Å². The maximum Gasteiger partial charge on any atom is 0.135 e. The number of nitrogens with zero attached hydrogens (tertiary/aromatic N) is 1. The molecule has 1 aromatic carbocycles. The van der Waals surface area contributed by atoms with E-state index >= 15 is 0 Å². The number of para-hydroxylation sites is 1. The summed E-state index contributed by atoms with van der Waals surface area (Å²) < 4.78 is 1.21. The van der Waals surface area contributed by atoms with E-state index < -0.39 is 0 Å². The molecule has 0 unspecified atom stereocenters. The van der Waals surface area contributed by atoms with Crippen molar-refractivity contribution in [1.82, 2.24) is 4.48 Å². The molecule has 1 rings (SSSR count). The second-order valence-electron chi connectivity index (χ2n) is 8.99. The molecule has 0 aliphatic carbocycles. The van der Waals surface area contributed by atoms with Crippen molar-refractivity contribution in [2.75, 3.05) is 19.6 Å². The van der Waals surface area contributed by atoms with E-state index in [1.54, 1.807) is 5.69 Å². The number of quaternary nitrogens is 1. The number of halogens is 1. The first-order valence-electron chi connectivity index (χ1n) is 12.6. The fraction of sp³-hybridized carbons (Fsp3) is 0.778. The van der Waals surface area contributed by atoms with Gasteiger partial charge in [-0.3, -0.25) is 4.48 Å². The fourth-order valence-corrected chi connectivity index (χ4v) is 4.90. The zero-order valence-electron chi connectivity index (χ0n) is 20.2. The molecule has 0 aliphatic heterocycles. The van der Waals surface area contributed by atoms with Crippen LogP contribution >= 0.6 is 0 Å². The minimum Gasteiger partial charge on any atom is -1.00 e. The first-order chi connectivity index (χ1) is 13.7. The summed E-state index contributed by atoms with van der Waals surface area (Å²) in [4.78, 5) is 0. The van der Waals surface area contributed by atoms with Crippen molar-refractivity contribution in [2.24, 2.45) is 0 Å². The van der Waals surface area contributed by atoms with Crippen LogP contribution < -0.4 is 16.9 Å². The zero-order valence-corrected chi connectivity index (χ0v) is 20.9. The van der Waals surface area contributed by atoms with Crippen LogP contribution in [0.3, 0.4) is 0 Å². The number of rotatable bonds is 18. The fourth-order valence-electron chi connectivity index (χ4n) is 4.90. The van der Waals surface area contributed by atoms with E-state index in [4.69, 9.17) is 0 Å². The Labute approximate surface area is 189 Å². The molecule has 2 heteroatoms. The molecule has 0 saturated heterocycles. The Hall–Kier alpha value is -0.530. The van der Waals surface area contributed by atoms with Crippen molar-refractivity contribution >= 4 is 5.69 Å². The average Bonchev–Trinajstić information content (AvgIpc) is 2.69. The molecule has 0 bridgehead atoms. The van der Waals surface area contributed by atoms with Crippen molar-refractivity contribution in [3.63, 3.8) is 0 Å². The van der Waals surface area contributed by atoms with Gasteiger partial charge in [0.2, 0.25) is 0 Å². The SMILES string of the molecule is CCCCCCCCCCCCCC[N+](CCC)(CCC)c1ccccc1C.[Cl-]. The second kappa shape index (κ2) is 18.3. The molecule has 0 heterocycles. The van der Waals surface area contributed by atoms with Crippen LogP contribution in [-0.2, 0) is 0 Å². The van der Waals surface area contributed by atoms with Crippen molar-refractivity contribution in [3.8, 4) is 0 Å². The van der Waals surface area contributed by atoms with Crippen LogP contribution in [0.25, 0.3) is 0 Å². The van der Waals surface area contributed by atoms with Crippen LogP contribution in [0.4, 0.5) is 5.69 Å². The van der Waals surface area contributed by atoms with Crippen molar-refractivity contribution < 1.29 is 12.4 Å². The molecule has 0 amide bonds. The van der Waals surface area contributed by atoms with E-state index in [-0.39, 0.29) is 12.4 Å². The van der Waals surface area contributed by atoms with Crippen molar-refractivity contribution in [2.45, 2.75) is 118 Å². The molecule has 0 radical (unpaired) electrons. The molecule has 0 spiro atoms. The maximum absolute atomic E-state index is 2.39. The first-order valence-corrected chi connectivity index (χ1v) is 12.6. The standard InChI is InChI=1S/C27H50N.ClH/c1-5-8-9-10-11-12-13-14-15-16-17-20-25-28(23-6-2,24-7-3)27-22-19-18-21-26(27)4;/h18-19,21-22H,5-17,20,23-25H2,1-4H3;1H/q+1;/p-1. The number of hydrogen-bond acceptors (Lipinski definition) is 0. The van der Waals surface area contributed by atoms with Crippen molar-refractivity contribution in [1.29, 1.82) is 0 Å². The lowest BCUT2D eigenvalue weighted by molar-refractivity contribution is -0.00000628. The number of benzene rings is 1. The van der Waals surface area contributed by atoms with Gasteiger partial charge in [0.15, 0.2) is 0 Å². The third kappa shape index (κ3) is 11.4. The van der Waals surface area contributed by atoms with E-state index in [1.165, 1.54) is 120 Å². The molecule has 0 atom stereocenters. The van der Waals surface area contributed by atoms with Crippen molar-refractivity contribution in [3.05, 3.63) is 29.8 Å². The van der Waals surface area contributed by atoms with Crippen LogP contribution in [0.1, 0.15) is 116 Å². The van der Waals surface area contributed by atoms with Gasteiger partial charge in [-0.1, -0.05) is 103 Å². The van der Waals surface area contributed by atoms with E-state index in [9.17, 15) is 0 Å². The van der Waals surface area contributed by atoms with Crippen LogP contribution in [0, 0.1) is 6.92 Å². The molecule has 1 aromatic rings. The molecule has 170 valence electrons. The third-order valence-electron chi connectivity index (χ3n) is 6.37. The number of unbranched alkanes of at least 4 members (excludes halogenated alkanes) is 11. The highest BCUT2D eigenvalue weighted by molar-refractivity contribution is 5.49. The molecule has 0 fully saturated rings. The van der Waals surface area contributed by atoms with Gasteiger partial charge < -0.3 is 12.4 Å². The Morgan fingerprint density at radius 1 is 0.552 bits per heavy atom. The minimum atomic E-state index is 0. The minimum absolute atomic E-state index is 0. The highest BCUT2D eigenvalue weighted by Gasteiger charge is 2.29. The zero-order chi connectivity index (χ0) is 20.5.